The van der Waals surface area contributed by atoms with Gasteiger partial charge in [0.15, 0.2) is 11.6 Å². The summed E-state index contributed by atoms with van der Waals surface area (Å²) in [6, 6.07) is 6.23. The molecule has 0 radical (unpaired) electrons. The predicted octanol–water partition coefficient (Wildman–Crippen LogP) is 3.48. The van der Waals surface area contributed by atoms with Crippen LogP contribution in [0.25, 0.3) is 0 Å². The molecule has 30 heavy (non-hydrogen) atoms. The van der Waals surface area contributed by atoms with E-state index in [9.17, 15) is 23.1 Å². The monoisotopic (exact) mass is 419 g/mol. The maximum atomic E-state index is 14.6. The van der Waals surface area contributed by atoms with Gasteiger partial charge in [0.1, 0.15) is 11.4 Å². The van der Waals surface area contributed by atoms with Crippen molar-refractivity contribution in [2.24, 2.45) is 0 Å². The number of amides is 1. The fourth-order valence-electron chi connectivity index (χ4n) is 4.17. The molecule has 0 bridgehead atoms. The summed E-state index contributed by atoms with van der Waals surface area (Å²) >= 11 is 0. The molecular weight excluding hydrogens is 395 g/mol. The third kappa shape index (κ3) is 3.77. The number of carbonyl (C=O) groups excluding carboxylic acids is 1. The van der Waals surface area contributed by atoms with Crippen molar-refractivity contribution in [2.45, 2.75) is 37.8 Å². The van der Waals surface area contributed by atoms with Crippen molar-refractivity contribution >= 4 is 17.3 Å². The fourth-order valence-corrected chi connectivity index (χ4v) is 4.17. The highest BCUT2D eigenvalue weighted by molar-refractivity contribution is 6.01. The van der Waals surface area contributed by atoms with Crippen LogP contribution >= 0.6 is 0 Å². The van der Waals surface area contributed by atoms with Gasteiger partial charge in [-0.25, -0.2) is 13.2 Å². The molecule has 5 nitrogen and oxygen atoms in total. The van der Waals surface area contributed by atoms with E-state index in [1.807, 2.05) is 0 Å². The topological polar surface area (TPSA) is 64.6 Å². The minimum Gasteiger partial charge on any atom is -0.385 e. The van der Waals surface area contributed by atoms with E-state index >= 15 is 0 Å². The second kappa shape index (κ2) is 7.92. The first-order chi connectivity index (χ1) is 14.3. The first-order valence-corrected chi connectivity index (χ1v) is 10.0. The lowest BCUT2D eigenvalue weighted by atomic mass is 9.81. The number of carbonyl (C=O) groups is 1. The summed E-state index contributed by atoms with van der Waals surface area (Å²) in [7, 11) is 0. The molecule has 2 aliphatic heterocycles. The van der Waals surface area contributed by atoms with Gasteiger partial charge in [-0.1, -0.05) is 12.5 Å². The summed E-state index contributed by atoms with van der Waals surface area (Å²) < 4.78 is 42.7. The number of anilines is 2. The van der Waals surface area contributed by atoms with Crippen molar-refractivity contribution in [2.75, 3.05) is 25.0 Å². The Morgan fingerprint density at radius 1 is 1.17 bits per heavy atom. The van der Waals surface area contributed by atoms with Crippen LogP contribution in [0, 0.1) is 24.4 Å². The lowest BCUT2D eigenvalue weighted by Crippen LogP contribution is -2.72. The number of aryl methyl sites for hydroxylation is 1. The standard InChI is InChI=1S/C22H24F3N3O2/c1-13-5-8-17(16(24)10-13)27-20-14(6-7-15(23)19(20)25)21(29)28-11-22(30,12-28)18-4-2-3-9-26-18/h5-8,10,18,26-27,30H,2-4,9,11-12H2,1H3/t18-/m0/s1. The van der Waals surface area contributed by atoms with Crippen LogP contribution in [-0.2, 0) is 0 Å². The van der Waals surface area contributed by atoms with Gasteiger partial charge in [-0.3, -0.25) is 4.79 Å². The van der Waals surface area contributed by atoms with Gasteiger partial charge in [0.05, 0.1) is 30.0 Å². The van der Waals surface area contributed by atoms with Crippen molar-refractivity contribution in [3.8, 4) is 0 Å². The van der Waals surface area contributed by atoms with Crippen molar-refractivity contribution in [3.63, 3.8) is 0 Å². The summed E-state index contributed by atoms with van der Waals surface area (Å²) in [6.45, 7) is 2.72. The molecular formula is C22H24F3N3O2. The molecule has 2 fully saturated rings. The van der Waals surface area contributed by atoms with Crippen LogP contribution in [0.15, 0.2) is 30.3 Å². The van der Waals surface area contributed by atoms with Gasteiger partial charge in [-0.2, -0.15) is 0 Å². The zero-order chi connectivity index (χ0) is 21.5. The molecule has 0 spiro atoms. The third-order valence-corrected chi connectivity index (χ3v) is 5.88. The number of halogens is 3. The van der Waals surface area contributed by atoms with E-state index in [4.69, 9.17) is 0 Å². The Morgan fingerprint density at radius 3 is 2.60 bits per heavy atom. The number of rotatable bonds is 4. The minimum atomic E-state index is -1.26. The summed E-state index contributed by atoms with van der Waals surface area (Å²) in [5, 5.41) is 16.6. The lowest BCUT2D eigenvalue weighted by Gasteiger charge is -2.51. The van der Waals surface area contributed by atoms with Crippen LogP contribution in [0.1, 0.15) is 35.2 Å². The zero-order valence-electron chi connectivity index (χ0n) is 16.6. The van der Waals surface area contributed by atoms with E-state index < -0.39 is 34.6 Å². The first-order valence-electron chi connectivity index (χ1n) is 10.0. The quantitative estimate of drug-likeness (QED) is 0.710. The highest BCUT2D eigenvalue weighted by atomic mass is 19.2. The van der Waals surface area contributed by atoms with E-state index in [2.05, 4.69) is 10.6 Å². The molecule has 2 heterocycles. The molecule has 0 saturated carbocycles. The summed E-state index contributed by atoms with van der Waals surface area (Å²) in [6.07, 6.45) is 2.88. The Balaban J connectivity index is 1.57. The molecule has 4 rings (SSSR count). The van der Waals surface area contributed by atoms with Gasteiger partial charge in [0.25, 0.3) is 5.91 Å². The van der Waals surface area contributed by atoms with E-state index in [1.54, 1.807) is 13.0 Å². The van der Waals surface area contributed by atoms with Crippen molar-refractivity contribution in [1.29, 1.82) is 0 Å². The van der Waals surface area contributed by atoms with Crippen LogP contribution in [-0.4, -0.2) is 47.2 Å². The molecule has 2 saturated heterocycles. The average molecular weight is 419 g/mol. The number of aliphatic hydroxyl groups is 1. The van der Waals surface area contributed by atoms with Crippen LogP contribution in [0.2, 0.25) is 0 Å². The SMILES string of the molecule is Cc1ccc(Nc2c(C(=O)N3CC(O)([C@@H]4CCCCN4)C3)ccc(F)c2F)c(F)c1. The Morgan fingerprint density at radius 2 is 1.93 bits per heavy atom. The predicted molar refractivity (Wildman–Crippen MR) is 107 cm³/mol. The van der Waals surface area contributed by atoms with E-state index in [-0.39, 0.29) is 30.4 Å². The van der Waals surface area contributed by atoms with Gasteiger partial charge in [-0.05, 0) is 56.1 Å². The second-order valence-corrected chi connectivity index (χ2v) is 8.16. The molecule has 160 valence electrons. The third-order valence-electron chi connectivity index (χ3n) is 5.88. The molecule has 1 amide bonds. The largest absolute Gasteiger partial charge is 0.385 e. The van der Waals surface area contributed by atoms with Gasteiger partial charge >= 0.3 is 0 Å². The smallest absolute Gasteiger partial charge is 0.256 e. The Bertz CT molecular complexity index is 970. The van der Waals surface area contributed by atoms with Gasteiger partial charge < -0.3 is 20.6 Å². The lowest BCUT2D eigenvalue weighted by molar-refractivity contribution is -0.108. The highest BCUT2D eigenvalue weighted by Gasteiger charge is 2.49. The minimum absolute atomic E-state index is 0.0642. The van der Waals surface area contributed by atoms with Crippen LogP contribution < -0.4 is 10.6 Å². The molecule has 2 aliphatic rings. The number of benzene rings is 2. The second-order valence-electron chi connectivity index (χ2n) is 8.16. The van der Waals surface area contributed by atoms with E-state index in [0.717, 1.165) is 31.9 Å². The molecule has 0 aliphatic carbocycles. The molecule has 2 aromatic rings. The molecule has 3 N–H and O–H groups in total. The van der Waals surface area contributed by atoms with Crippen molar-refractivity contribution < 1.29 is 23.1 Å². The number of nitrogens with one attached hydrogen (secondary N) is 2. The molecule has 2 aromatic carbocycles. The first kappa shape index (κ1) is 20.7. The summed E-state index contributed by atoms with van der Waals surface area (Å²) in [5.74, 6) is -3.60. The number of hydrogen-bond acceptors (Lipinski definition) is 4. The van der Waals surface area contributed by atoms with Crippen LogP contribution in [0.4, 0.5) is 24.5 Å². The average Bonchev–Trinajstić information content (AvgIpc) is 2.71. The van der Waals surface area contributed by atoms with Crippen LogP contribution in [0.5, 0.6) is 0 Å². The number of nitrogens with zero attached hydrogens (tertiary/aromatic N) is 1. The molecule has 0 aromatic heterocycles. The van der Waals surface area contributed by atoms with Gasteiger partial charge in [-0.15, -0.1) is 0 Å². The molecule has 0 unspecified atom stereocenters. The molecule has 8 heteroatoms. The fraction of sp³-hybridized carbons (Fsp3) is 0.409. The maximum absolute atomic E-state index is 14.6. The molecule has 1 atom stereocenters. The van der Waals surface area contributed by atoms with E-state index in [0.29, 0.717) is 5.56 Å². The maximum Gasteiger partial charge on any atom is 0.256 e. The van der Waals surface area contributed by atoms with Crippen molar-refractivity contribution in [1.82, 2.24) is 10.2 Å². The van der Waals surface area contributed by atoms with Gasteiger partial charge in [0, 0.05) is 6.04 Å². The summed E-state index contributed by atoms with van der Waals surface area (Å²) in [4.78, 5) is 14.4. The van der Waals surface area contributed by atoms with Crippen molar-refractivity contribution in [3.05, 3.63) is 58.9 Å². The number of β-amino-alcohol motifs (C(OH)–C–C–N with tert-alkyl or cyclic N) is 1. The highest BCUT2D eigenvalue weighted by Crippen LogP contribution is 2.34. The summed E-state index contributed by atoms with van der Waals surface area (Å²) in [5.41, 5.74) is -0.969. The van der Waals surface area contributed by atoms with Gasteiger partial charge in [0.2, 0.25) is 0 Å². The van der Waals surface area contributed by atoms with E-state index in [1.165, 1.54) is 23.1 Å². The Hall–Kier alpha value is -2.58. The Kier molecular flexibility index (Phi) is 5.46. The zero-order valence-corrected chi connectivity index (χ0v) is 16.6. The number of piperidine rings is 1. The van der Waals surface area contributed by atoms with Crippen LogP contribution in [0.3, 0.4) is 0 Å². The number of likely N-dealkylation sites (tertiary alicyclic amines) is 1. The normalized spacial score (nSPS) is 20.6. The Labute approximate surface area is 172 Å². The number of hydrogen-bond donors (Lipinski definition) is 3.